The zero-order chi connectivity index (χ0) is 17.8. The molecule has 0 aliphatic carbocycles. The van der Waals surface area contributed by atoms with Crippen molar-refractivity contribution in [3.05, 3.63) is 70.6 Å². The zero-order valence-corrected chi connectivity index (χ0v) is 15.2. The first-order valence-electron chi connectivity index (χ1n) is 7.70. The minimum Gasteiger partial charge on any atom is -0.325 e. The van der Waals surface area contributed by atoms with E-state index in [1.165, 1.54) is 16.7 Å². The predicted molar refractivity (Wildman–Crippen MR) is 106 cm³/mol. The van der Waals surface area contributed by atoms with Crippen LogP contribution in [0.25, 0.3) is 6.08 Å². The Balaban J connectivity index is 1.67. The minimum atomic E-state index is -0.277. The first kappa shape index (κ1) is 17.4. The molecule has 2 aromatic carbocycles. The second kappa shape index (κ2) is 7.63. The predicted octanol–water partition coefficient (Wildman–Crippen LogP) is 3.83. The van der Waals surface area contributed by atoms with Crippen molar-refractivity contribution in [1.29, 1.82) is 0 Å². The van der Waals surface area contributed by atoms with Crippen LogP contribution in [0.5, 0.6) is 0 Å². The molecule has 1 aliphatic heterocycles. The second-order valence-corrected chi connectivity index (χ2v) is 7.27. The Kier molecular flexibility index (Phi) is 5.31. The molecule has 1 N–H and O–H groups in total. The fraction of sp³-hybridized carbons (Fsp3) is 0.105. The van der Waals surface area contributed by atoms with E-state index in [-0.39, 0.29) is 18.4 Å². The molecule has 2 aromatic rings. The Hall–Kier alpha value is -2.44. The molecule has 0 atom stereocenters. The number of nitrogens with one attached hydrogen (secondary N) is 1. The molecule has 1 heterocycles. The number of rotatable bonds is 4. The summed E-state index contributed by atoms with van der Waals surface area (Å²) >= 11 is 6.47. The molecule has 2 amide bonds. The van der Waals surface area contributed by atoms with E-state index in [1.54, 1.807) is 6.08 Å². The van der Waals surface area contributed by atoms with Gasteiger partial charge in [-0.05, 0) is 30.7 Å². The molecule has 25 heavy (non-hydrogen) atoms. The van der Waals surface area contributed by atoms with Crippen LogP contribution >= 0.6 is 24.0 Å². The molecular formula is C19H16N2O2S2. The number of thioether (sulfide) groups is 1. The van der Waals surface area contributed by atoms with Crippen LogP contribution in [0.3, 0.4) is 0 Å². The highest BCUT2D eigenvalue weighted by Crippen LogP contribution is 2.32. The molecule has 0 aromatic heterocycles. The Labute approximate surface area is 155 Å². The van der Waals surface area contributed by atoms with Crippen molar-refractivity contribution in [3.8, 4) is 0 Å². The van der Waals surface area contributed by atoms with E-state index in [4.69, 9.17) is 12.2 Å². The standard InChI is InChI=1S/C19H16N2O2S2/c1-13-7-9-15(10-8-13)20-17(22)12-21-18(23)16(25-19(21)24)11-14-5-3-2-4-6-14/h2-11H,12H2,1H3,(H,20,22). The number of nitrogens with zero attached hydrogens (tertiary/aromatic N) is 1. The van der Waals surface area contributed by atoms with Gasteiger partial charge in [-0.25, -0.2) is 0 Å². The van der Waals surface area contributed by atoms with Crippen LogP contribution in [0.4, 0.5) is 5.69 Å². The van der Waals surface area contributed by atoms with Gasteiger partial charge in [-0.1, -0.05) is 72.0 Å². The summed E-state index contributed by atoms with van der Waals surface area (Å²) in [5.41, 5.74) is 2.73. The van der Waals surface area contributed by atoms with Gasteiger partial charge in [-0.2, -0.15) is 0 Å². The van der Waals surface area contributed by atoms with Gasteiger partial charge in [-0.15, -0.1) is 0 Å². The van der Waals surface area contributed by atoms with E-state index in [0.717, 1.165) is 11.1 Å². The molecule has 126 valence electrons. The van der Waals surface area contributed by atoms with Crippen molar-refractivity contribution in [2.45, 2.75) is 6.92 Å². The van der Waals surface area contributed by atoms with Gasteiger partial charge >= 0.3 is 0 Å². The number of carbonyl (C=O) groups is 2. The molecule has 4 nitrogen and oxygen atoms in total. The van der Waals surface area contributed by atoms with E-state index in [0.29, 0.717) is 14.9 Å². The van der Waals surface area contributed by atoms with Crippen molar-refractivity contribution in [2.24, 2.45) is 0 Å². The van der Waals surface area contributed by atoms with E-state index >= 15 is 0 Å². The maximum Gasteiger partial charge on any atom is 0.266 e. The van der Waals surface area contributed by atoms with Crippen molar-refractivity contribution in [3.63, 3.8) is 0 Å². The number of thiocarbonyl (C=S) groups is 1. The van der Waals surface area contributed by atoms with E-state index in [2.05, 4.69) is 5.32 Å². The summed E-state index contributed by atoms with van der Waals surface area (Å²) in [6.07, 6.45) is 1.79. The number of benzene rings is 2. The average molecular weight is 368 g/mol. The lowest BCUT2D eigenvalue weighted by atomic mass is 10.2. The SMILES string of the molecule is Cc1ccc(NC(=O)CN2C(=O)C(=Cc3ccccc3)SC2=S)cc1. The van der Waals surface area contributed by atoms with Gasteiger partial charge in [0.1, 0.15) is 10.9 Å². The molecule has 0 unspecified atom stereocenters. The van der Waals surface area contributed by atoms with Crippen molar-refractivity contribution in [1.82, 2.24) is 4.90 Å². The van der Waals surface area contributed by atoms with Crippen molar-refractivity contribution in [2.75, 3.05) is 11.9 Å². The fourth-order valence-electron chi connectivity index (χ4n) is 2.32. The Morgan fingerprint density at radius 1 is 1.16 bits per heavy atom. The highest BCUT2D eigenvalue weighted by atomic mass is 32.2. The van der Waals surface area contributed by atoms with Gasteiger partial charge in [0, 0.05) is 5.69 Å². The van der Waals surface area contributed by atoms with E-state index in [1.807, 2.05) is 61.5 Å². The summed E-state index contributed by atoms with van der Waals surface area (Å²) in [5, 5.41) is 2.78. The normalized spacial score (nSPS) is 15.7. The van der Waals surface area contributed by atoms with E-state index < -0.39 is 0 Å². The summed E-state index contributed by atoms with van der Waals surface area (Å²) < 4.78 is 0.395. The number of hydrogen-bond acceptors (Lipinski definition) is 4. The highest BCUT2D eigenvalue weighted by molar-refractivity contribution is 8.26. The van der Waals surface area contributed by atoms with Crippen LogP contribution in [-0.2, 0) is 9.59 Å². The lowest BCUT2D eigenvalue weighted by Gasteiger charge is -2.14. The van der Waals surface area contributed by atoms with Gasteiger partial charge in [0.25, 0.3) is 5.91 Å². The van der Waals surface area contributed by atoms with Crippen LogP contribution in [0.2, 0.25) is 0 Å². The summed E-state index contributed by atoms with van der Waals surface area (Å²) in [6.45, 7) is 1.88. The van der Waals surface area contributed by atoms with E-state index in [9.17, 15) is 9.59 Å². The summed E-state index contributed by atoms with van der Waals surface area (Å²) in [7, 11) is 0. The summed E-state index contributed by atoms with van der Waals surface area (Å²) in [5.74, 6) is -0.515. The lowest BCUT2D eigenvalue weighted by Crippen LogP contribution is -2.36. The van der Waals surface area contributed by atoms with Crippen LogP contribution in [0.15, 0.2) is 59.5 Å². The number of aryl methyl sites for hydroxylation is 1. The smallest absolute Gasteiger partial charge is 0.266 e. The molecule has 0 spiro atoms. The molecule has 0 saturated carbocycles. The third-order valence-corrected chi connectivity index (χ3v) is 4.99. The molecule has 0 bridgehead atoms. The van der Waals surface area contributed by atoms with Gasteiger partial charge in [0.15, 0.2) is 0 Å². The Morgan fingerprint density at radius 3 is 2.52 bits per heavy atom. The first-order valence-corrected chi connectivity index (χ1v) is 8.92. The van der Waals surface area contributed by atoms with Crippen LogP contribution in [-0.4, -0.2) is 27.6 Å². The van der Waals surface area contributed by atoms with Gasteiger partial charge in [-0.3, -0.25) is 14.5 Å². The van der Waals surface area contributed by atoms with Crippen molar-refractivity contribution < 1.29 is 9.59 Å². The second-order valence-electron chi connectivity index (χ2n) is 5.59. The van der Waals surface area contributed by atoms with Gasteiger partial charge in [0.2, 0.25) is 5.91 Å². The number of carbonyl (C=O) groups excluding carboxylic acids is 2. The zero-order valence-electron chi connectivity index (χ0n) is 13.6. The lowest BCUT2D eigenvalue weighted by molar-refractivity contribution is -0.126. The first-order chi connectivity index (χ1) is 12.0. The van der Waals surface area contributed by atoms with Gasteiger partial charge in [0.05, 0.1) is 4.91 Å². The maximum absolute atomic E-state index is 12.5. The summed E-state index contributed by atoms with van der Waals surface area (Å²) in [4.78, 5) is 26.6. The Morgan fingerprint density at radius 2 is 1.84 bits per heavy atom. The molecule has 1 aliphatic rings. The minimum absolute atomic E-state index is 0.0926. The number of amides is 2. The largest absolute Gasteiger partial charge is 0.325 e. The molecule has 1 saturated heterocycles. The highest BCUT2D eigenvalue weighted by Gasteiger charge is 2.33. The third kappa shape index (κ3) is 4.35. The molecule has 3 rings (SSSR count). The molecule has 1 fully saturated rings. The van der Waals surface area contributed by atoms with Gasteiger partial charge < -0.3 is 5.32 Å². The van der Waals surface area contributed by atoms with Crippen molar-refractivity contribution >= 4 is 51.9 Å². The Bertz CT molecular complexity index is 845. The summed E-state index contributed by atoms with van der Waals surface area (Å²) in [6, 6.07) is 17.0. The molecule has 0 radical (unpaired) electrons. The quantitative estimate of drug-likeness (QED) is 0.658. The number of hydrogen-bond donors (Lipinski definition) is 1. The molecule has 6 heteroatoms. The average Bonchev–Trinajstić information content (AvgIpc) is 2.85. The van der Waals surface area contributed by atoms with Crippen LogP contribution in [0, 0.1) is 6.92 Å². The number of anilines is 1. The molecular weight excluding hydrogens is 352 g/mol. The topological polar surface area (TPSA) is 49.4 Å². The maximum atomic E-state index is 12.5. The fourth-order valence-corrected chi connectivity index (χ4v) is 3.57. The monoisotopic (exact) mass is 368 g/mol. The third-order valence-electron chi connectivity index (χ3n) is 3.61. The van der Waals surface area contributed by atoms with Crippen LogP contribution < -0.4 is 5.32 Å². The van der Waals surface area contributed by atoms with Crippen LogP contribution in [0.1, 0.15) is 11.1 Å².